The van der Waals surface area contributed by atoms with Crippen LogP contribution < -0.4 is 9.62 Å². The summed E-state index contributed by atoms with van der Waals surface area (Å²) in [6, 6.07) is 14.0. The smallest absolute Gasteiger partial charge is 0.258 e. The fourth-order valence-electron chi connectivity index (χ4n) is 3.32. The SMILES string of the molecule is CCC[C@H](C)NS(=O)(=O)c1ccc2c(c1)CCN2C(=O)c1ccccc1. The minimum Gasteiger partial charge on any atom is -0.308 e. The van der Waals surface area contributed by atoms with Gasteiger partial charge in [0.05, 0.1) is 4.90 Å². The van der Waals surface area contributed by atoms with Crippen molar-refractivity contribution in [3.8, 4) is 0 Å². The van der Waals surface area contributed by atoms with Crippen LogP contribution in [0.3, 0.4) is 0 Å². The summed E-state index contributed by atoms with van der Waals surface area (Å²) in [7, 11) is -3.55. The zero-order valence-corrected chi connectivity index (χ0v) is 15.9. The third-order valence-electron chi connectivity index (χ3n) is 4.60. The lowest BCUT2D eigenvalue weighted by Crippen LogP contribution is -2.32. The Labute approximate surface area is 155 Å². The highest BCUT2D eigenvalue weighted by atomic mass is 32.2. The highest BCUT2D eigenvalue weighted by Crippen LogP contribution is 2.31. The third-order valence-corrected chi connectivity index (χ3v) is 6.19. The molecular formula is C20H24N2O3S. The molecule has 138 valence electrons. The van der Waals surface area contributed by atoms with Gasteiger partial charge in [-0.2, -0.15) is 0 Å². The van der Waals surface area contributed by atoms with Crippen LogP contribution >= 0.6 is 0 Å². The Morgan fingerprint density at radius 1 is 1.19 bits per heavy atom. The summed E-state index contributed by atoms with van der Waals surface area (Å²) < 4.78 is 27.8. The molecule has 1 heterocycles. The second-order valence-corrected chi connectivity index (χ2v) is 8.39. The standard InChI is InChI=1S/C20H24N2O3S/c1-3-7-15(2)21-26(24,25)18-10-11-19-17(14-18)12-13-22(19)20(23)16-8-5-4-6-9-16/h4-6,8-11,14-15,21H,3,7,12-13H2,1-2H3/t15-/m0/s1. The van der Waals surface area contributed by atoms with Crippen LogP contribution in [0.15, 0.2) is 53.4 Å². The molecule has 1 amide bonds. The van der Waals surface area contributed by atoms with E-state index in [9.17, 15) is 13.2 Å². The Morgan fingerprint density at radius 2 is 1.92 bits per heavy atom. The van der Waals surface area contributed by atoms with E-state index in [2.05, 4.69) is 4.72 Å². The number of rotatable bonds is 6. The number of benzene rings is 2. The summed E-state index contributed by atoms with van der Waals surface area (Å²) in [5.74, 6) is -0.0605. The first-order chi connectivity index (χ1) is 12.4. The van der Waals surface area contributed by atoms with Crippen LogP contribution in [0.2, 0.25) is 0 Å². The second-order valence-electron chi connectivity index (χ2n) is 6.67. The van der Waals surface area contributed by atoms with Crippen molar-refractivity contribution in [1.29, 1.82) is 0 Å². The van der Waals surface area contributed by atoms with E-state index < -0.39 is 10.0 Å². The molecule has 0 aromatic heterocycles. The van der Waals surface area contributed by atoms with Crippen molar-refractivity contribution < 1.29 is 13.2 Å². The molecule has 0 saturated carbocycles. The summed E-state index contributed by atoms with van der Waals surface area (Å²) in [5, 5.41) is 0. The van der Waals surface area contributed by atoms with Gasteiger partial charge in [0, 0.05) is 23.8 Å². The quantitative estimate of drug-likeness (QED) is 0.845. The van der Waals surface area contributed by atoms with Gasteiger partial charge in [-0.1, -0.05) is 31.5 Å². The van der Waals surface area contributed by atoms with Crippen molar-refractivity contribution in [3.05, 3.63) is 59.7 Å². The highest BCUT2D eigenvalue weighted by molar-refractivity contribution is 7.89. The molecule has 0 unspecified atom stereocenters. The topological polar surface area (TPSA) is 66.5 Å². The zero-order valence-electron chi connectivity index (χ0n) is 15.1. The summed E-state index contributed by atoms with van der Waals surface area (Å²) in [6.07, 6.45) is 2.37. The van der Waals surface area contributed by atoms with E-state index in [1.165, 1.54) is 0 Å². The normalized spacial score (nSPS) is 14.9. The van der Waals surface area contributed by atoms with Crippen LogP contribution in [0.5, 0.6) is 0 Å². The Kier molecular flexibility index (Phi) is 5.44. The highest BCUT2D eigenvalue weighted by Gasteiger charge is 2.27. The van der Waals surface area contributed by atoms with Gasteiger partial charge in [-0.3, -0.25) is 4.79 Å². The molecule has 1 atom stereocenters. The first-order valence-corrected chi connectivity index (χ1v) is 10.4. The first kappa shape index (κ1) is 18.6. The van der Waals surface area contributed by atoms with Crippen LogP contribution in [0.1, 0.15) is 42.6 Å². The Hall–Kier alpha value is -2.18. The van der Waals surface area contributed by atoms with Gasteiger partial charge in [0.15, 0.2) is 0 Å². The van der Waals surface area contributed by atoms with Crippen LogP contribution in [-0.2, 0) is 16.4 Å². The minimum atomic E-state index is -3.55. The predicted octanol–water partition coefficient (Wildman–Crippen LogP) is 3.36. The lowest BCUT2D eigenvalue weighted by atomic mass is 10.1. The lowest BCUT2D eigenvalue weighted by Gasteiger charge is -2.18. The molecule has 6 heteroatoms. The molecule has 0 bridgehead atoms. The van der Waals surface area contributed by atoms with E-state index in [1.54, 1.807) is 35.2 Å². The molecule has 2 aromatic carbocycles. The number of carbonyl (C=O) groups is 1. The van der Waals surface area contributed by atoms with Crippen LogP contribution in [-0.4, -0.2) is 26.9 Å². The number of amides is 1. The minimum absolute atomic E-state index is 0.0605. The maximum Gasteiger partial charge on any atom is 0.258 e. The fourth-order valence-corrected chi connectivity index (χ4v) is 4.65. The van der Waals surface area contributed by atoms with E-state index in [4.69, 9.17) is 0 Å². The van der Waals surface area contributed by atoms with Gasteiger partial charge in [-0.25, -0.2) is 13.1 Å². The van der Waals surface area contributed by atoms with Crippen molar-refractivity contribution in [2.75, 3.05) is 11.4 Å². The molecule has 2 aromatic rings. The molecule has 5 nitrogen and oxygen atoms in total. The van der Waals surface area contributed by atoms with E-state index in [0.717, 1.165) is 24.1 Å². The number of carbonyl (C=O) groups excluding carboxylic acids is 1. The zero-order chi connectivity index (χ0) is 18.7. The van der Waals surface area contributed by atoms with Crippen molar-refractivity contribution >= 4 is 21.6 Å². The van der Waals surface area contributed by atoms with E-state index >= 15 is 0 Å². The van der Waals surface area contributed by atoms with Gasteiger partial charge in [0.25, 0.3) is 5.91 Å². The monoisotopic (exact) mass is 372 g/mol. The number of fused-ring (bicyclic) bond motifs is 1. The van der Waals surface area contributed by atoms with Gasteiger partial charge in [-0.05, 0) is 55.7 Å². The molecule has 0 saturated heterocycles. The summed E-state index contributed by atoms with van der Waals surface area (Å²) in [5.41, 5.74) is 2.31. The molecular weight excluding hydrogens is 348 g/mol. The molecule has 0 aliphatic carbocycles. The molecule has 1 aliphatic heterocycles. The lowest BCUT2D eigenvalue weighted by molar-refractivity contribution is 0.0989. The molecule has 0 fully saturated rings. The predicted molar refractivity (Wildman–Crippen MR) is 103 cm³/mol. The summed E-state index contributed by atoms with van der Waals surface area (Å²) in [4.78, 5) is 14.7. The average molecular weight is 372 g/mol. The molecule has 1 N–H and O–H groups in total. The van der Waals surface area contributed by atoms with Crippen LogP contribution in [0.4, 0.5) is 5.69 Å². The molecule has 26 heavy (non-hydrogen) atoms. The van der Waals surface area contributed by atoms with Crippen LogP contribution in [0.25, 0.3) is 0 Å². The second kappa shape index (κ2) is 7.60. The van der Waals surface area contributed by atoms with Gasteiger partial charge >= 0.3 is 0 Å². The van der Waals surface area contributed by atoms with Gasteiger partial charge < -0.3 is 4.90 Å². The van der Waals surface area contributed by atoms with E-state index in [0.29, 0.717) is 18.5 Å². The largest absolute Gasteiger partial charge is 0.308 e. The van der Waals surface area contributed by atoms with E-state index in [-0.39, 0.29) is 16.8 Å². The fraction of sp³-hybridized carbons (Fsp3) is 0.350. The Balaban J connectivity index is 1.83. The number of sulfonamides is 1. The van der Waals surface area contributed by atoms with Crippen LogP contribution in [0, 0.1) is 0 Å². The number of hydrogen-bond donors (Lipinski definition) is 1. The summed E-state index contributed by atoms with van der Waals surface area (Å²) >= 11 is 0. The number of nitrogens with one attached hydrogen (secondary N) is 1. The van der Waals surface area contributed by atoms with E-state index in [1.807, 2.05) is 32.0 Å². The van der Waals surface area contributed by atoms with Crippen molar-refractivity contribution in [2.45, 2.75) is 44.0 Å². The maximum atomic E-state index is 12.7. The first-order valence-electron chi connectivity index (χ1n) is 8.94. The number of nitrogens with zero attached hydrogens (tertiary/aromatic N) is 1. The average Bonchev–Trinajstić information content (AvgIpc) is 3.04. The van der Waals surface area contributed by atoms with Crippen molar-refractivity contribution in [2.24, 2.45) is 0 Å². The number of anilines is 1. The van der Waals surface area contributed by atoms with Crippen molar-refractivity contribution in [1.82, 2.24) is 4.72 Å². The molecule has 3 rings (SSSR count). The molecule has 0 spiro atoms. The van der Waals surface area contributed by atoms with Gasteiger partial charge in [0.2, 0.25) is 10.0 Å². The Morgan fingerprint density at radius 3 is 2.62 bits per heavy atom. The van der Waals surface area contributed by atoms with Gasteiger partial charge in [-0.15, -0.1) is 0 Å². The van der Waals surface area contributed by atoms with Gasteiger partial charge in [0.1, 0.15) is 0 Å². The third kappa shape index (κ3) is 3.81. The van der Waals surface area contributed by atoms with Crippen molar-refractivity contribution in [3.63, 3.8) is 0 Å². The number of hydrogen-bond acceptors (Lipinski definition) is 3. The Bertz CT molecular complexity index is 895. The summed E-state index contributed by atoms with van der Waals surface area (Å²) in [6.45, 7) is 4.46. The molecule has 1 aliphatic rings. The maximum absolute atomic E-state index is 12.7. The molecule has 0 radical (unpaired) electrons.